The Morgan fingerprint density at radius 2 is 1.80 bits per heavy atom. The van der Waals surface area contributed by atoms with Crippen LogP contribution in [0.3, 0.4) is 0 Å². The van der Waals surface area contributed by atoms with Gasteiger partial charge in [0.15, 0.2) is 0 Å². The zero-order valence-electron chi connectivity index (χ0n) is 11.5. The fourth-order valence-corrected chi connectivity index (χ4v) is 3.44. The Hall–Kier alpha value is -1.39. The van der Waals surface area contributed by atoms with Gasteiger partial charge in [-0.1, -0.05) is 24.3 Å². The van der Waals surface area contributed by atoms with Crippen molar-refractivity contribution in [1.29, 1.82) is 0 Å². The highest BCUT2D eigenvalue weighted by Gasteiger charge is 2.50. The van der Waals surface area contributed by atoms with Crippen LogP contribution in [-0.4, -0.2) is 29.4 Å². The Morgan fingerprint density at radius 3 is 2.25 bits per heavy atom. The van der Waals surface area contributed by atoms with E-state index in [1.807, 2.05) is 24.3 Å². The Morgan fingerprint density at radius 1 is 1.15 bits per heavy atom. The molecule has 3 fully saturated rings. The van der Waals surface area contributed by atoms with Gasteiger partial charge in [0, 0.05) is 5.41 Å². The van der Waals surface area contributed by atoms with E-state index in [1.165, 1.54) is 0 Å². The van der Waals surface area contributed by atoms with Crippen LogP contribution in [0.1, 0.15) is 36.8 Å². The van der Waals surface area contributed by atoms with Crippen molar-refractivity contribution in [2.75, 3.05) is 13.2 Å². The fraction of sp³-hybridized carbons (Fsp3) is 0.562. The number of carbonyl (C=O) groups is 1. The maximum Gasteiger partial charge on any atom is 0.307 e. The van der Waals surface area contributed by atoms with Gasteiger partial charge in [0.25, 0.3) is 0 Å². The number of hydrogen-bond acceptors (Lipinski definition) is 3. The topological polar surface area (TPSA) is 66.8 Å². The molecule has 0 atom stereocenters. The summed E-state index contributed by atoms with van der Waals surface area (Å²) in [6.45, 7) is 0.834. The summed E-state index contributed by atoms with van der Waals surface area (Å²) >= 11 is 0. The lowest BCUT2D eigenvalue weighted by molar-refractivity contribution is -0.199. The lowest BCUT2D eigenvalue weighted by Gasteiger charge is -2.52. The molecule has 0 amide bonds. The molecule has 1 aromatic carbocycles. The first-order chi connectivity index (χ1) is 9.57. The van der Waals surface area contributed by atoms with Crippen LogP contribution in [-0.2, 0) is 21.6 Å². The summed E-state index contributed by atoms with van der Waals surface area (Å²) in [6, 6.07) is 7.75. The van der Waals surface area contributed by atoms with Crippen LogP contribution in [0.2, 0.25) is 0 Å². The van der Waals surface area contributed by atoms with Gasteiger partial charge >= 0.3 is 5.97 Å². The second-order valence-corrected chi connectivity index (χ2v) is 6.21. The molecule has 1 aliphatic carbocycles. The average Bonchev–Trinajstić information content (AvgIpc) is 2.49. The number of rotatable bonds is 4. The van der Waals surface area contributed by atoms with Crippen molar-refractivity contribution in [3.63, 3.8) is 0 Å². The summed E-state index contributed by atoms with van der Waals surface area (Å²) in [4.78, 5) is 10.7. The Kier molecular flexibility index (Phi) is 3.30. The van der Waals surface area contributed by atoms with Crippen LogP contribution in [0.25, 0.3) is 0 Å². The highest BCUT2D eigenvalue weighted by molar-refractivity contribution is 5.70. The number of aliphatic hydroxyl groups is 1. The van der Waals surface area contributed by atoms with Gasteiger partial charge in [-0.25, -0.2) is 0 Å². The first-order valence-corrected chi connectivity index (χ1v) is 7.14. The molecular weight excluding hydrogens is 256 g/mol. The minimum Gasteiger partial charge on any atom is -0.481 e. The van der Waals surface area contributed by atoms with Crippen molar-refractivity contribution in [2.45, 2.75) is 37.7 Å². The predicted octanol–water partition coefficient (Wildman–Crippen LogP) is 2.09. The summed E-state index contributed by atoms with van der Waals surface area (Å²) < 4.78 is 6.09. The van der Waals surface area contributed by atoms with Crippen molar-refractivity contribution >= 4 is 5.97 Å². The van der Waals surface area contributed by atoms with Gasteiger partial charge in [-0.3, -0.25) is 4.79 Å². The molecule has 0 aromatic heterocycles. The van der Waals surface area contributed by atoms with Crippen LogP contribution in [0.15, 0.2) is 24.3 Å². The van der Waals surface area contributed by atoms with Gasteiger partial charge < -0.3 is 14.9 Å². The molecule has 2 saturated heterocycles. The molecule has 2 aliphatic heterocycles. The number of carboxylic acid groups (broad SMARTS) is 1. The third kappa shape index (κ3) is 2.23. The van der Waals surface area contributed by atoms with E-state index in [0.29, 0.717) is 6.61 Å². The summed E-state index contributed by atoms with van der Waals surface area (Å²) in [6.07, 6.45) is 3.93. The Balaban J connectivity index is 1.78. The second-order valence-electron chi connectivity index (χ2n) is 6.21. The molecule has 0 spiro atoms. The van der Waals surface area contributed by atoms with Crippen molar-refractivity contribution < 1.29 is 19.7 Å². The molecule has 1 aromatic rings. The number of aliphatic carboxylic acids is 1. The quantitative estimate of drug-likeness (QED) is 0.883. The summed E-state index contributed by atoms with van der Waals surface area (Å²) in [5, 5.41) is 18.3. The molecule has 2 heterocycles. The molecule has 0 unspecified atom stereocenters. The second kappa shape index (κ2) is 4.86. The SMILES string of the molecule is O=C(O)Cc1ccc(C23CCC(CO)(CC2)CO3)cc1. The zero-order chi connectivity index (χ0) is 14.2. The molecule has 4 nitrogen and oxygen atoms in total. The lowest BCUT2D eigenvalue weighted by Crippen LogP contribution is -2.50. The van der Waals surface area contributed by atoms with Gasteiger partial charge in [-0.2, -0.15) is 0 Å². The average molecular weight is 276 g/mol. The molecule has 3 aliphatic rings. The number of benzene rings is 1. The molecule has 108 valence electrons. The van der Waals surface area contributed by atoms with E-state index in [1.54, 1.807) is 0 Å². The maximum atomic E-state index is 10.7. The normalized spacial score (nSPS) is 32.2. The van der Waals surface area contributed by atoms with E-state index in [2.05, 4.69) is 0 Å². The molecule has 1 saturated carbocycles. The number of hydrogen-bond donors (Lipinski definition) is 2. The molecule has 0 radical (unpaired) electrons. The van der Waals surface area contributed by atoms with E-state index in [9.17, 15) is 9.90 Å². The molecular formula is C16H20O4. The first-order valence-electron chi connectivity index (χ1n) is 7.14. The van der Waals surface area contributed by atoms with Gasteiger partial charge in [-0.05, 0) is 36.8 Å². The monoisotopic (exact) mass is 276 g/mol. The molecule has 2 N–H and O–H groups in total. The molecule has 20 heavy (non-hydrogen) atoms. The minimum atomic E-state index is -0.810. The summed E-state index contributed by atoms with van der Waals surface area (Å²) in [5.74, 6) is -0.810. The Labute approximate surface area is 118 Å². The smallest absolute Gasteiger partial charge is 0.307 e. The zero-order valence-corrected chi connectivity index (χ0v) is 11.5. The highest BCUT2D eigenvalue weighted by Crippen LogP contribution is 2.53. The van der Waals surface area contributed by atoms with E-state index in [4.69, 9.17) is 9.84 Å². The molecule has 4 heteroatoms. The van der Waals surface area contributed by atoms with Crippen molar-refractivity contribution in [1.82, 2.24) is 0 Å². The van der Waals surface area contributed by atoms with E-state index < -0.39 is 5.97 Å². The van der Waals surface area contributed by atoms with E-state index >= 15 is 0 Å². The summed E-state index contributed by atoms with van der Waals surface area (Å²) in [5.41, 5.74) is 1.70. The number of aliphatic hydroxyl groups excluding tert-OH is 1. The van der Waals surface area contributed by atoms with Gasteiger partial charge in [0.05, 0.1) is 25.2 Å². The highest BCUT2D eigenvalue weighted by atomic mass is 16.5. The predicted molar refractivity (Wildman–Crippen MR) is 73.4 cm³/mol. The number of carboxylic acids is 1. The third-order valence-corrected chi connectivity index (χ3v) is 4.94. The van der Waals surface area contributed by atoms with Crippen LogP contribution in [0.4, 0.5) is 0 Å². The largest absolute Gasteiger partial charge is 0.481 e. The minimum absolute atomic E-state index is 0.0228. The van der Waals surface area contributed by atoms with Crippen molar-refractivity contribution in [3.8, 4) is 0 Å². The van der Waals surface area contributed by atoms with Crippen LogP contribution < -0.4 is 0 Å². The third-order valence-electron chi connectivity index (χ3n) is 4.94. The number of fused-ring (bicyclic) bond motifs is 3. The van der Waals surface area contributed by atoms with Crippen LogP contribution in [0.5, 0.6) is 0 Å². The molecule has 4 rings (SSSR count). The van der Waals surface area contributed by atoms with Gasteiger partial charge in [0.1, 0.15) is 0 Å². The van der Waals surface area contributed by atoms with E-state index in [-0.39, 0.29) is 24.0 Å². The first kappa shape index (κ1) is 13.6. The van der Waals surface area contributed by atoms with Crippen molar-refractivity contribution in [2.24, 2.45) is 5.41 Å². The van der Waals surface area contributed by atoms with Crippen molar-refractivity contribution in [3.05, 3.63) is 35.4 Å². The Bertz CT molecular complexity index is 481. The van der Waals surface area contributed by atoms with Gasteiger partial charge in [-0.15, -0.1) is 0 Å². The fourth-order valence-electron chi connectivity index (χ4n) is 3.44. The maximum absolute atomic E-state index is 10.7. The lowest BCUT2D eigenvalue weighted by atomic mass is 9.64. The number of ether oxygens (including phenoxy) is 1. The van der Waals surface area contributed by atoms with Crippen LogP contribution >= 0.6 is 0 Å². The van der Waals surface area contributed by atoms with Gasteiger partial charge in [0.2, 0.25) is 0 Å². The molecule has 2 bridgehead atoms. The standard InChI is InChI=1S/C16H20O4/c17-10-15-5-7-16(8-6-15,20-11-15)13-3-1-12(2-4-13)9-14(18)19/h1-4,17H,5-11H2,(H,18,19). The summed E-state index contributed by atoms with van der Waals surface area (Å²) in [7, 11) is 0. The van der Waals surface area contributed by atoms with E-state index in [0.717, 1.165) is 36.8 Å². The van der Waals surface area contributed by atoms with Crippen LogP contribution in [0, 0.1) is 5.41 Å².